The van der Waals surface area contributed by atoms with Crippen molar-refractivity contribution in [2.75, 3.05) is 31.6 Å². The van der Waals surface area contributed by atoms with Gasteiger partial charge >= 0.3 is 0 Å². The van der Waals surface area contributed by atoms with E-state index in [4.69, 9.17) is 4.74 Å². The van der Waals surface area contributed by atoms with Crippen molar-refractivity contribution in [1.82, 2.24) is 9.27 Å². The van der Waals surface area contributed by atoms with E-state index in [1.807, 2.05) is 0 Å². The number of ether oxygens (including phenoxy) is 1. The second-order valence-corrected chi connectivity index (χ2v) is 7.94. The third-order valence-electron chi connectivity index (χ3n) is 5.04. The number of anilines is 1. The van der Waals surface area contributed by atoms with Crippen LogP contribution in [0.2, 0.25) is 0 Å². The highest BCUT2D eigenvalue weighted by Gasteiger charge is 2.10. The third-order valence-corrected chi connectivity index (χ3v) is 5.86. The van der Waals surface area contributed by atoms with Crippen LogP contribution in [0.15, 0.2) is 48.5 Å². The van der Waals surface area contributed by atoms with Gasteiger partial charge < -0.3 is 10.1 Å². The van der Waals surface area contributed by atoms with Gasteiger partial charge in [-0.25, -0.2) is 0 Å². The maximum Gasteiger partial charge on any atom is 0.147 e. The summed E-state index contributed by atoms with van der Waals surface area (Å²) in [4.78, 5) is 2.55. The zero-order valence-electron chi connectivity index (χ0n) is 15.7. The summed E-state index contributed by atoms with van der Waals surface area (Å²) in [6.07, 6.45) is 5.01. The minimum absolute atomic E-state index is 0.709. The van der Waals surface area contributed by atoms with Crippen molar-refractivity contribution in [3.05, 3.63) is 54.1 Å². The lowest BCUT2D eigenvalue weighted by Gasteiger charge is -2.26. The number of aromatic nitrogens is 1. The van der Waals surface area contributed by atoms with Crippen LogP contribution in [0.1, 0.15) is 31.2 Å². The Kier molecular flexibility index (Phi) is 6.22. The van der Waals surface area contributed by atoms with Gasteiger partial charge in [0.1, 0.15) is 11.6 Å². The molecule has 1 aliphatic rings. The molecule has 2 heterocycles. The lowest BCUT2D eigenvalue weighted by atomic mass is 10.1. The summed E-state index contributed by atoms with van der Waals surface area (Å²) in [5.41, 5.74) is 1.38. The van der Waals surface area contributed by atoms with E-state index in [9.17, 15) is 0 Å². The molecule has 27 heavy (non-hydrogen) atoms. The van der Waals surface area contributed by atoms with Gasteiger partial charge in [-0.1, -0.05) is 30.7 Å². The molecule has 1 saturated heterocycles. The fourth-order valence-corrected chi connectivity index (χ4v) is 4.30. The molecule has 0 unspecified atom stereocenters. The minimum Gasteiger partial charge on any atom is -0.494 e. The second kappa shape index (κ2) is 9.20. The van der Waals surface area contributed by atoms with Crippen LogP contribution in [0.5, 0.6) is 5.75 Å². The highest BCUT2D eigenvalue weighted by Crippen LogP contribution is 2.26. The number of rotatable bonds is 8. The van der Waals surface area contributed by atoms with Gasteiger partial charge in [-0.3, -0.25) is 4.90 Å². The Balaban J connectivity index is 1.18. The Bertz CT molecular complexity index is 840. The molecule has 4 nitrogen and oxygen atoms in total. The molecule has 0 atom stereocenters. The van der Waals surface area contributed by atoms with Crippen LogP contribution in [-0.2, 0) is 6.54 Å². The van der Waals surface area contributed by atoms with Gasteiger partial charge in [0, 0.05) is 18.5 Å². The molecule has 0 saturated carbocycles. The molecule has 0 aliphatic carbocycles. The van der Waals surface area contributed by atoms with E-state index < -0.39 is 0 Å². The Morgan fingerprint density at radius 1 is 1.00 bits per heavy atom. The molecule has 3 aromatic rings. The van der Waals surface area contributed by atoms with Crippen LogP contribution in [0, 0.1) is 0 Å². The Hall–Kier alpha value is -2.11. The SMILES string of the molecule is c1ccc2c(NCCCOc3ccc(CN4CCCCC4)cc3)nsc2c1. The first-order chi connectivity index (χ1) is 13.4. The van der Waals surface area contributed by atoms with E-state index in [1.165, 1.54) is 48.0 Å². The monoisotopic (exact) mass is 381 g/mol. The van der Waals surface area contributed by atoms with Crippen LogP contribution in [0.25, 0.3) is 10.1 Å². The number of piperidine rings is 1. The molecule has 5 heteroatoms. The third kappa shape index (κ3) is 4.99. The molecular formula is C22H27N3OS. The number of likely N-dealkylation sites (tertiary alicyclic amines) is 1. The van der Waals surface area contributed by atoms with E-state index in [2.05, 4.69) is 63.1 Å². The normalized spacial score (nSPS) is 15.1. The number of nitrogens with zero attached hydrogens (tertiary/aromatic N) is 2. The quantitative estimate of drug-likeness (QED) is 0.547. The number of fused-ring (bicyclic) bond motifs is 1. The fraction of sp³-hybridized carbons (Fsp3) is 0.409. The van der Waals surface area contributed by atoms with Crippen LogP contribution >= 0.6 is 11.5 Å². The molecule has 0 spiro atoms. The van der Waals surface area contributed by atoms with Crippen LogP contribution in [0.4, 0.5) is 5.82 Å². The summed E-state index contributed by atoms with van der Waals surface area (Å²) in [6.45, 7) is 5.10. The topological polar surface area (TPSA) is 37.4 Å². The molecule has 0 bridgehead atoms. The van der Waals surface area contributed by atoms with Crippen molar-refractivity contribution in [2.24, 2.45) is 0 Å². The second-order valence-electron chi connectivity index (χ2n) is 7.14. The maximum atomic E-state index is 5.89. The van der Waals surface area contributed by atoms with E-state index in [0.717, 1.165) is 31.1 Å². The van der Waals surface area contributed by atoms with Crippen molar-refractivity contribution in [3.63, 3.8) is 0 Å². The summed E-state index contributed by atoms with van der Waals surface area (Å²) in [6, 6.07) is 16.9. The number of hydrogen-bond acceptors (Lipinski definition) is 5. The molecule has 4 rings (SSSR count). The minimum atomic E-state index is 0.709. The van der Waals surface area contributed by atoms with Crippen LogP contribution in [0.3, 0.4) is 0 Å². The standard InChI is InChI=1S/C22H27N3OS/c1-4-14-25(15-5-1)17-18-9-11-19(12-10-18)26-16-6-13-23-22-20-7-2-3-8-21(20)27-24-22/h2-3,7-12H,1,4-6,13-17H2,(H,23,24). The lowest BCUT2D eigenvalue weighted by Crippen LogP contribution is -2.28. The van der Waals surface area contributed by atoms with E-state index in [1.54, 1.807) is 11.5 Å². The van der Waals surface area contributed by atoms with Crippen LogP contribution in [-0.4, -0.2) is 35.5 Å². The number of hydrogen-bond donors (Lipinski definition) is 1. The molecule has 1 N–H and O–H groups in total. The van der Waals surface area contributed by atoms with Gasteiger partial charge in [0.25, 0.3) is 0 Å². The predicted octanol–water partition coefficient (Wildman–Crippen LogP) is 5.16. The van der Waals surface area contributed by atoms with Gasteiger partial charge in [0.05, 0.1) is 11.3 Å². The predicted molar refractivity (Wildman–Crippen MR) is 114 cm³/mol. The Morgan fingerprint density at radius 2 is 1.81 bits per heavy atom. The average molecular weight is 382 g/mol. The van der Waals surface area contributed by atoms with Crippen LogP contribution < -0.4 is 10.1 Å². The molecule has 2 aromatic carbocycles. The van der Waals surface area contributed by atoms with Crippen molar-refractivity contribution in [2.45, 2.75) is 32.2 Å². The summed E-state index contributed by atoms with van der Waals surface area (Å²) < 4.78 is 11.6. The maximum absolute atomic E-state index is 5.89. The first-order valence-corrected chi connectivity index (χ1v) is 10.7. The molecule has 1 fully saturated rings. The lowest BCUT2D eigenvalue weighted by molar-refractivity contribution is 0.221. The first-order valence-electron chi connectivity index (χ1n) is 9.91. The summed E-state index contributed by atoms with van der Waals surface area (Å²) in [5, 5.41) is 4.62. The Labute approximate surface area is 165 Å². The van der Waals surface area contributed by atoms with E-state index in [-0.39, 0.29) is 0 Å². The molecule has 0 radical (unpaired) electrons. The zero-order chi connectivity index (χ0) is 18.3. The van der Waals surface area contributed by atoms with Gasteiger partial charge in [0.15, 0.2) is 0 Å². The highest BCUT2D eigenvalue weighted by molar-refractivity contribution is 7.13. The zero-order valence-corrected chi connectivity index (χ0v) is 16.5. The molecule has 1 aliphatic heterocycles. The van der Waals surface area contributed by atoms with Crippen molar-refractivity contribution >= 4 is 27.4 Å². The molecule has 0 amide bonds. The van der Waals surface area contributed by atoms with Gasteiger partial charge in [-0.15, -0.1) is 0 Å². The highest BCUT2D eigenvalue weighted by atomic mass is 32.1. The molecule has 142 valence electrons. The smallest absolute Gasteiger partial charge is 0.147 e. The van der Waals surface area contributed by atoms with Crippen molar-refractivity contribution in [1.29, 1.82) is 0 Å². The summed E-state index contributed by atoms with van der Waals surface area (Å²) >= 11 is 1.54. The van der Waals surface area contributed by atoms with Gasteiger partial charge in [-0.2, -0.15) is 4.37 Å². The van der Waals surface area contributed by atoms with Gasteiger partial charge in [0.2, 0.25) is 0 Å². The number of nitrogens with one attached hydrogen (secondary N) is 1. The van der Waals surface area contributed by atoms with Crippen molar-refractivity contribution < 1.29 is 4.74 Å². The summed E-state index contributed by atoms with van der Waals surface area (Å²) in [7, 11) is 0. The van der Waals surface area contributed by atoms with E-state index in [0.29, 0.717) is 6.61 Å². The first kappa shape index (κ1) is 18.3. The molecule has 1 aromatic heterocycles. The summed E-state index contributed by atoms with van der Waals surface area (Å²) in [5.74, 6) is 1.94. The van der Waals surface area contributed by atoms with Gasteiger partial charge in [-0.05, 0) is 73.7 Å². The van der Waals surface area contributed by atoms with Crippen molar-refractivity contribution in [3.8, 4) is 5.75 Å². The number of benzene rings is 2. The largest absolute Gasteiger partial charge is 0.494 e. The fourth-order valence-electron chi connectivity index (χ4n) is 3.55. The Morgan fingerprint density at radius 3 is 2.67 bits per heavy atom. The average Bonchev–Trinajstić information content (AvgIpc) is 3.13. The van der Waals surface area contributed by atoms with E-state index >= 15 is 0 Å². The molecular weight excluding hydrogens is 354 g/mol.